The monoisotopic (exact) mass is 275 g/mol. The summed E-state index contributed by atoms with van der Waals surface area (Å²) in [6.45, 7) is 0. The standard InChI is InChI=1S/C7H6O2.3ClH.Ti/c8-5-6-3-1-2-4-7(6)9;;;;/h1-5,9H;3*1H;/q;;;;+3/p-3. The first-order chi connectivity index (χ1) is 4.34. The number of rotatable bonds is 1. The van der Waals surface area contributed by atoms with Gasteiger partial charge in [0.1, 0.15) is 5.75 Å². The third kappa shape index (κ3) is 7.35. The fourth-order valence-corrected chi connectivity index (χ4v) is 0.587. The van der Waals surface area contributed by atoms with Crippen LogP contribution in [0.1, 0.15) is 10.4 Å². The van der Waals surface area contributed by atoms with Crippen molar-refractivity contribution in [1.29, 1.82) is 0 Å². The Kier molecular flexibility index (Phi) is 22.0. The predicted molar refractivity (Wildman–Crippen MR) is 33.5 cm³/mol. The van der Waals surface area contributed by atoms with Crippen LogP contribution < -0.4 is 37.2 Å². The Labute approximate surface area is 110 Å². The molecule has 0 amide bonds. The van der Waals surface area contributed by atoms with Gasteiger partial charge in [-0.15, -0.1) is 0 Å². The van der Waals surface area contributed by atoms with Gasteiger partial charge in [-0.05, 0) is 12.1 Å². The summed E-state index contributed by atoms with van der Waals surface area (Å²) in [6.07, 6.45) is 0.620. The number of phenols is 1. The molecular formula is C7H6Cl3O2Ti. The van der Waals surface area contributed by atoms with Crippen LogP contribution in [0, 0.1) is 0 Å². The topological polar surface area (TPSA) is 37.3 Å². The Balaban J connectivity index is -0.000000101. The van der Waals surface area contributed by atoms with E-state index < -0.39 is 0 Å². The molecule has 1 N–H and O–H groups in total. The third-order valence-corrected chi connectivity index (χ3v) is 1.06. The molecule has 0 bridgehead atoms. The Hall–Kier alpha value is 0.274. The number of phenolic OH excluding ortho intramolecular Hbond substituents is 1. The first-order valence-corrected chi connectivity index (χ1v) is 2.58. The Bertz CT molecular complexity index is 233. The number of aldehydes is 1. The van der Waals surface area contributed by atoms with E-state index in [9.17, 15) is 4.79 Å². The van der Waals surface area contributed by atoms with Gasteiger partial charge in [0.15, 0.2) is 6.29 Å². The molecule has 1 aromatic rings. The van der Waals surface area contributed by atoms with Crippen molar-refractivity contribution < 1.29 is 68.8 Å². The molecule has 1 rings (SSSR count). The number of para-hydroxylation sites is 1. The first kappa shape index (κ1) is 23.3. The summed E-state index contributed by atoms with van der Waals surface area (Å²) in [6, 6.07) is 6.40. The van der Waals surface area contributed by atoms with Gasteiger partial charge in [-0.2, -0.15) is 0 Å². The van der Waals surface area contributed by atoms with Crippen LogP contribution in [-0.2, 0) is 21.7 Å². The zero-order valence-electron chi connectivity index (χ0n) is 6.38. The van der Waals surface area contributed by atoms with Gasteiger partial charge >= 0.3 is 21.7 Å². The molecule has 0 unspecified atom stereocenters. The summed E-state index contributed by atoms with van der Waals surface area (Å²) in [5.74, 6) is 0.0347. The fourth-order valence-electron chi connectivity index (χ4n) is 0.587. The zero-order chi connectivity index (χ0) is 6.69. The van der Waals surface area contributed by atoms with E-state index >= 15 is 0 Å². The summed E-state index contributed by atoms with van der Waals surface area (Å²) >= 11 is 0. The minimum Gasteiger partial charge on any atom is -1.00 e. The molecule has 71 valence electrons. The summed E-state index contributed by atoms with van der Waals surface area (Å²) in [7, 11) is 0. The average Bonchev–Trinajstić information content (AvgIpc) is 1.89. The van der Waals surface area contributed by atoms with Crippen LogP contribution in [0.3, 0.4) is 0 Å². The second-order valence-electron chi connectivity index (χ2n) is 1.68. The molecule has 2 nitrogen and oxygen atoms in total. The van der Waals surface area contributed by atoms with E-state index in [2.05, 4.69) is 0 Å². The van der Waals surface area contributed by atoms with Crippen molar-refractivity contribution in [1.82, 2.24) is 0 Å². The molecule has 6 heteroatoms. The van der Waals surface area contributed by atoms with E-state index in [0.29, 0.717) is 11.8 Å². The maximum atomic E-state index is 10.1. The van der Waals surface area contributed by atoms with Gasteiger partial charge in [0, 0.05) is 0 Å². The minimum absolute atomic E-state index is 0. The molecule has 13 heavy (non-hydrogen) atoms. The first-order valence-electron chi connectivity index (χ1n) is 2.58. The van der Waals surface area contributed by atoms with E-state index in [4.69, 9.17) is 5.11 Å². The number of halogens is 3. The maximum Gasteiger partial charge on any atom is 3.00 e. The van der Waals surface area contributed by atoms with Crippen LogP contribution in [-0.4, -0.2) is 11.4 Å². The number of carbonyl (C=O) groups is 1. The SMILES string of the molecule is O=Cc1ccccc1O.[Cl-].[Cl-].[Cl-].[Ti+3]. The van der Waals surface area contributed by atoms with Crippen molar-refractivity contribution in [3.63, 3.8) is 0 Å². The van der Waals surface area contributed by atoms with E-state index in [1.54, 1.807) is 18.2 Å². The van der Waals surface area contributed by atoms with Crippen molar-refractivity contribution >= 4 is 6.29 Å². The molecule has 0 saturated heterocycles. The van der Waals surface area contributed by atoms with Gasteiger partial charge in [0.05, 0.1) is 5.56 Å². The molecule has 0 aromatic heterocycles. The van der Waals surface area contributed by atoms with Crippen molar-refractivity contribution in [2.45, 2.75) is 0 Å². The molecule has 0 aliphatic heterocycles. The van der Waals surface area contributed by atoms with E-state index in [-0.39, 0.29) is 64.7 Å². The van der Waals surface area contributed by atoms with Gasteiger partial charge < -0.3 is 42.3 Å². The third-order valence-electron chi connectivity index (χ3n) is 1.06. The summed E-state index contributed by atoms with van der Waals surface area (Å²) in [5, 5.41) is 8.88. The van der Waals surface area contributed by atoms with Gasteiger partial charge in [-0.3, -0.25) is 4.79 Å². The smallest absolute Gasteiger partial charge is 1.00 e. The molecule has 0 aliphatic rings. The maximum absolute atomic E-state index is 10.1. The minimum atomic E-state index is 0. The van der Waals surface area contributed by atoms with Crippen LogP contribution in [0.5, 0.6) is 5.75 Å². The Morgan fingerprint density at radius 1 is 1.08 bits per heavy atom. The Morgan fingerprint density at radius 3 is 1.85 bits per heavy atom. The van der Waals surface area contributed by atoms with Crippen LogP contribution >= 0.6 is 0 Å². The number of aromatic hydroxyl groups is 1. The molecule has 0 saturated carbocycles. The van der Waals surface area contributed by atoms with E-state index in [0.717, 1.165) is 0 Å². The molecule has 0 atom stereocenters. The Morgan fingerprint density at radius 2 is 1.54 bits per heavy atom. The molecule has 0 spiro atoms. The molecular weight excluding hydrogens is 270 g/mol. The van der Waals surface area contributed by atoms with Crippen LogP contribution in [0.25, 0.3) is 0 Å². The van der Waals surface area contributed by atoms with Crippen molar-refractivity contribution in [3.8, 4) is 5.75 Å². The van der Waals surface area contributed by atoms with Crippen molar-refractivity contribution in [2.75, 3.05) is 0 Å². The van der Waals surface area contributed by atoms with E-state index in [1.165, 1.54) is 6.07 Å². The van der Waals surface area contributed by atoms with Crippen LogP contribution in [0.4, 0.5) is 0 Å². The number of hydrogen-bond donors (Lipinski definition) is 1. The molecule has 0 aliphatic carbocycles. The molecule has 1 aromatic carbocycles. The summed E-state index contributed by atoms with van der Waals surface area (Å²) in [5.41, 5.74) is 0.331. The summed E-state index contributed by atoms with van der Waals surface area (Å²) < 4.78 is 0. The van der Waals surface area contributed by atoms with Crippen LogP contribution in [0.15, 0.2) is 24.3 Å². The van der Waals surface area contributed by atoms with Gasteiger partial charge in [-0.1, -0.05) is 12.1 Å². The number of hydrogen-bond acceptors (Lipinski definition) is 2. The average molecular weight is 276 g/mol. The number of benzene rings is 1. The largest absolute Gasteiger partial charge is 3.00 e. The fraction of sp³-hybridized carbons (Fsp3) is 0. The molecule has 1 radical (unpaired) electrons. The van der Waals surface area contributed by atoms with E-state index in [1.807, 2.05) is 0 Å². The van der Waals surface area contributed by atoms with Crippen LogP contribution in [0.2, 0.25) is 0 Å². The van der Waals surface area contributed by atoms with Gasteiger partial charge in [-0.25, -0.2) is 0 Å². The predicted octanol–water partition coefficient (Wildman–Crippen LogP) is -7.79. The van der Waals surface area contributed by atoms with Crippen molar-refractivity contribution in [2.24, 2.45) is 0 Å². The zero-order valence-corrected chi connectivity index (χ0v) is 10.2. The second kappa shape index (κ2) is 12.3. The second-order valence-corrected chi connectivity index (χ2v) is 1.68. The van der Waals surface area contributed by atoms with Gasteiger partial charge in [0.25, 0.3) is 0 Å². The molecule has 0 fully saturated rings. The van der Waals surface area contributed by atoms with Crippen molar-refractivity contribution in [3.05, 3.63) is 29.8 Å². The van der Waals surface area contributed by atoms with Gasteiger partial charge in [0.2, 0.25) is 0 Å². The quantitative estimate of drug-likeness (QED) is 0.409. The number of carbonyl (C=O) groups excluding carboxylic acids is 1. The summed E-state index contributed by atoms with van der Waals surface area (Å²) in [4.78, 5) is 10.1. The normalized spacial score (nSPS) is 6.15. The molecule has 0 heterocycles.